The molecule has 1 aliphatic rings. The Morgan fingerprint density at radius 1 is 0.889 bits per heavy atom. The number of rotatable bonds is 2. The molecule has 0 N–H and O–H groups in total. The summed E-state index contributed by atoms with van der Waals surface area (Å²) in [5, 5.41) is 0. The molecule has 1 unspecified atom stereocenters. The minimum atomic E-state index is -0.111. The minimum absolute atomic E-state index is 0.00760. The van der Waals surface area contributed by atoms with Crippen LogP contribution in [0.4, 0.5) is 5.69 Å². The molecule has 0 saturated carbocycles. The van der Waals surface area contributed by atoms with Crippen LogP contribution in [-0.2, 0) is 0 Å². The monoisotopic (exact) mass is 353 g/mol. The summed E-state index contributed by atoms with van der Waals surface area (Å²) in [6, 6.07) is 25.6. The summed E-state index contributed by atoms with van der Waals surface area (Å²) >= 11 is 0. The lowest BCUT2D eigenvalue weighted by molar-refractivity contribution is 0.0973. The largest absolute Gasteiger partial charge is 0.296 e. The van der Waals surface area contributed by atoms with Crippen molar-refractivity contribution in [3.8, 4) is 5.69 Å². The van der Waals surface area contributed by atoms with Gasteiger partial charge in [-0.2, -0.15) is 0 Å². The summed E-state index contributed by atoms with van der Waals surface area (Å²) in [4.78, 5) is 20.3. The molecule has 132 valence electrons. The molecule has 0 fully saturated rings. The van der Waals surface area contributed by atoms with Crippen LogP contribution in [0.2, 0.25) is 0 Å². The number of carbonyl (C=O) groups is 1. The molecule has 1 atom stereocenters. The van der Waals surface area contributed by atoms with E-state index in [1.165, 1.54) is 0 Å². The van der Waals surface area contributed by atoms with E-state index in [0.29, 0.717) is 5.56 Å². The molecule has 0 spiro atoms. The van der Waals surface area contributed by atoms with Gasteiger partial charge in [0, 0.05) is 5.56 Å². The Hall–Kier alpha value is -3.40. The van der Waals surface area contributed by atoms with Gasteiger partial charge in [-0.3, -0.25) is 14.3 Å². The van der Waals surface area contributed by atoms with Gasteiger partial charge in [-0.05, 0) is 42.8 Å². The van der Waals surface area contributed by atoms with Gasteiger partial charge in [0.25, 0.3) is 5.91 Å². The third-order valence-electron chi connectivity index (χ3n) is 5.20. The number of aromatic nitrogens is 2. The van der Waals surface area contributed by atoms with Crippen LogP contribution in [-0.4, -0.2) is 15.5 Å². The second-order valence-electron chi connectivity index (χ2n) is 6.75. The molecule has 1 aromatic heterocycles. The fraction of sp³-hybridized carbons (Fsp3) is 0.130. The van der Waals surface area contributed by atoms with E-state index >= 15 is 0 Å². The molecule has 0 radical (unpaired) electrons. The van der Waals surface area contributed by atoms with Crippen molar-refractivity contribution >= 4 is 22.6 Å². The van der Waals surface area contributed by atoms with Gasteiger partial charge in [0.05, 0.1) is 28.5 Å². The maximum atomic E-state index is 13.4. The van der Waals surface area contributed by atoms with Gasteiger partial charge in [0.1, 0.15) is 5.82 Å². The number of hydrogen-bond donors (Lipinski definition) is 0. The average Bonchev–Trinajstić information content (AvgIpc) is 3.12. The number of hydrogen-bond acceptors (Lipinski definition) is 2. The lowest BCUT2D eigenvalue weighted by Gasteiger charge is -2.37. The van der Waals surface area contributed by atoms with Crippen LogP contribution in [0, 0.1) is 0 Å². The van der Waals surface area contributed by atoms with Crippen molar-refractivity contribution in [1.82, 2.24) is 9.55 Å². The zero-order valence-electron chi connectivity index (χ0n) is 15.0. The number of carbonyl (C=O) groups excluding carboxylic acids is 1. The Balaban J connectivity index is 1.78. The number of para-hydroxylation sites is 4. The average molecular weight is 353 g/mol. The molecular weight excluding hydrogens is 334 g/mol. The SMILES string of the molecule is CCC1c2nc3ccccc3n2-c2ccccc2N1C(=O)c1ccccc1. The highest BCUT2D eigenvalue weighted by Crippen LogP contribution is 2.42. The second kappa shape index (κ2) is 6.09. The molecule has 5 rings (SSSR count). The van der Waals surface area contributed by atoms with Gasteiger partial charge in [-0.25, -0.2) is 4.98 Å². The predicted molar refractivity (Wildman–Crippen MR) is 107 cm³/mol. The fourth-order valence-electron chi connectivity index (χ4n) is 4.00. The Kier molecular flexibility index (Phi) is 3.57. The molecular formula is C23H19N3O. The van der Waals surface area contributed by atoms with Crippen molar-refractivity contribution in [2.45, 2.75) is 19.4 Å². The van der Waals surface area contributed by atoms with Gasteiger partial charge in [0.2, 0.25) is 0 Å². The van der Waals surface area contributed by atoms with Crippen molar-refractivity contribution < 1.29 is 4.79 Å². The van der Waals surface area contributed by atoms with Crippen LogP contribution in [0.25, 0.3) is 16.7 Å². The maximum absolute atomic E-state index is 13.4. The molecule has 0 saturated heterocycles. The molecule has 4 heteroatoms. The topological polar surface area (TPSA) is 38.1 Å². The molecule has 1 aliphatic heterocycles. The van der Waals surface area contributed by atoms with Gasteiger partial charge in [-0.15, -0.1) is 0 Å². The van der Waals surface area contributed by atoms with E-state index in [2.05, 4.69) is 23.6 Å². The summed E-state index contributed by atoms with van der Waals surface area (Å²) in [6.45, 7) is 2.10. The Morgan fingerprint density at radius 2 is 1.56 bits per heavy atom. The normalized spacial score (nSPS) is 15.4. The first-order valence-corrected chi connectivity index (χ1v) is 9.25. The van der Waals surface area contributed by atoms with E-state index in [1.54, 1.807) is 0 Å². The van der Waals surface area contributed by atoms with Crippen molar-refractivity contribution in [3.05, 3.63) is 90.3 Å². The van der Waals surface area contributed by atoms with Crippen LogP contribution in [0.15, 0.2) is 78.9 Å². The predicted octanol–water partition coefficient (Wildman–Crippen LogP) is 5.14. The maximum Gasteiger partial charge on any atom is 0.259 e. The quantitative estimate of drug-likeness (QED) is 0.501. The molecule has 0 bridgehead atoms. The number of fused-ring (bicyclic) bond motifs is 5. The first-order chi connectivity index (χ1) is 13.3. The van der Waals surface area contributed by atoms with E-state index in [1.807, 2.05) is 71.6 Å². The summed E-state index contributed by atoms with van der Waals surface area (Å²) in [6.07, 6.45) is 0.788. The number of benzene rings is 3. The summed E-state index contributed by atoms with van der Waals surface area (Å²) in [5.74, 6) is 0.926. The molecule has 0 aliphatic carbocycles. The molecule has 2 heterocycles. The summed E-state index contributed by atoms with van der Waals surface area (Å²) < 4.78 is 2.20. The molecule has 27 heavy (non-hydrogen) atoms. The summed E-state index contributed by atoms with van der Waals surface area (Å²) in [7, 11) is 0. The lowest BCUT2D eigenvalue weighted by atomic mass is 10.0. The van der Waals surface area contributed by atoms with Crippen LogP contribution in [0.5, 0.6) is 0 Å². The van der Waals surface area contributed by atoms with Crippen molar-refractivity contribution in [1.29, 1.82) is 0 Å². The molecule has 3 aromatic carbocycles. The van der Waals surface area contributed by atoms with Gasteiger partial charge in [0.15, 0.2) is 0 Å². The third-order valence-corrected chi connectivity index (χ3v) is 5.20. The smallest absolute Gasteiger partial charge is 0.259 e. The molecule has 4 nitrogen and oxygen atoms in total. The number of imidazole rings is 1. The van der Waals surface area contributed by atoms with E-state index < -0.39 is 0 Å². The number of nitrogens with zero attached hydrogens (tertiary/aromatic N) is 3. The minimum Gasteiger partial charge on any atom is -0.296 e. The highest BCUT2D eigenvalue weighted by Gasteiger charge is 2.36. The Morgan fingerprint density at radius 3 is 2.33 bits per heavy atom. The standard InChI is InChI=1S/C23H19N3O/c1-2-18-22-24-17-12-6-7-13-19(17)25(22)20-14-8-9-15-21(20)26(18)23(27)16-10-4-3-5-11-16/h3-15,18H,2H2,1H3. The van der Waals surface area contributed by atoms with Crippen LogP contribution in [0.1, 0.15) is 35.6 Å². The van der Waals surface area contributed by atoms with E-state index in [9.17, 15) is 4.79 Å². The number of anilines is 1. The van der Waals surface area contributed by atoms with Crippen LogP contribution < -0.4 is 4.90 Å². The Labute approximate surface area is 157 Å². The molecule has 4 aromatic rings. The van der Waals surface area contributed by atoms with Crippen molar-refractivity contribution in [2.75, 3.05) is 4.90 Å². The number of amides is 1. The molecule has 1 amide bonds. The van der Waals surface area contributed by atoms with E-state index in [4.69, 9.17) is 4.98 Å². The zero-order chi connectivity index (χ0) is 18.4. The summed E-state index contributed by atoms with van der Waals surface area (Å²) in [5.41, 5.74) is 4.64. The van der Waals surface area contributed by atoms with Crippen molar-refractivity contribution in [2.24, 2.45) is 0 Å². The van der Waals surface area contributed by atoms with E-state index in [-0.39, 0.29) is 11.9 Å². The highest BCUT2D eigenvalue weighted by atomic mass is 16.2. The van der Waals surface area contributed by atoms with Gasteiger partial charge >= 0.3 is 0 Å². The first-order valence-electron chi connectivity index (χ1n) is 9.25. The fourth-order valence-corrected chi connectivity index (χ4v) is 4.00. The van der Waals surface area contributed by atoms with Crippen LogP contribution in [0.3, 0.4) is 0 Å². The zero-order valence-corrected chi connectivity index (χ0v) is 15.0. The first kappa shape index (κ1) is 15.8. The van der Waals surface area contributed by atoms with Gasteiger partial charge in [-0.1, -0.05) is 49.4 Å². The van der Waals surface area contributed by atoms with Gasteiger partial charge < -0.3 is 0 Å². The second-order valence-corrected chi connectivity index (χ2v) is 6.75. The van der Waals surface area contributed by atoms with Crippen LogP contribution >= 0.6 is 0 Å². The van der Waals surface area contributed by atoms with E-state index in [0.717, 1.165) is 34.7 Å². The van der Waals surface area contributed by atoms with Crippen molar-refractivity contribution in [3.63, 3.8) is 0 Å². The third kappa shape index (κ3) is 2.30. The lowest BCUT2D eigenvalue weighted by Crippen LogP contribution is -2.39. The highest BCUT2D eigenvalue weighted by molar-refractivity contribution is 6.08. The Bertz CT molecular complexity index is 1150.